The van der Waals surface area contributed by atoms with Gasteiger partial charge in [-0.15, -0.1) is 0 Å². The highest BCUT2D eigenvalue weighted by Crippen LogP contribution is 2.13. The predicted molar refractivity (Wildman–Crippen MR) is 146 cm³/mol. The second-order valence-electron chi connectivity index (χ2n) is 8.57. The fourth-order valence-corrected chi connectivity index (χ4v) is 3.73. The molecule has 36 heavy (non-hydrogen) atoms. The number of hydrogen-bond acceptors (Lipinski definition) is 5. The van der Waals surface area contributed by atoms with Crippen molar-refractivity contribution >= 4 is 34.5 Å². The van der Waals surface area contributed by atoms with E-state index in [4.69, 9.17) is 16.3 Å². The second kappa shape index (κ2) is 18.1. The van der Waals surface area contributed by atoms with Crippen molar-refractivity contribution in [3.05, 3.63) is 90.0 Å². The average Bonchev–Trinajstić information content (AvgIpc) is 2.89. The van der Waals surface area contributed by atoms with E-state index in [2.05, 4.69) is 17.5 Å². The van der Waals surface area contributed by atoms with Crippen LogP contribution in [0.5, 0.6) is 0 Å². The lowest BCUT2D eigenvalue weighted by Gasteiger charge is -2.06. The van der Waals surface area contributed by atoms with Crippen LogP contribution in [0.1, 0.15) is 84.9 Å². The van der Waals surface area contributed by atoms with Crippen molar-refractivity contribution in [2.24, 2.45) is 0 Å². The molecule has 0 fully saturated rings. The van der Waals surface area contributed by atoms with Gasteiger partial charge in [-0.2, -0.15) is 0 Å². The molecule has 192 valence electrons. The van der Waals surface area contributed by atoms with E-state index in [9.17, 15) is 14.4 Å². The number of hydrogen-bond donors (Lipinski definition) is 1. The molecule has 0 aliphatic carbocycles. The van der Waals surface area contributed by atoms with Crippen molar-refractivity contribution in [3.63, 3.8) is 0 Å². The molecule has 1 N–H and O–H groups in total. The maximum absolute atomic E-state index is 11.8. The molecule has 0 aromatic heterocycles. The molecule has 2 aromatic rings. The first-order chi connectivity index (χ1) is 17.6. The number of carbonyl (C=O) groups is 3. The van der Waals surface area contributed by atoms with Crippen molar-refractivity contribution in [2.45, 2.75) is 64.2 Å². The first-order valence-electron chi connectivity index (χ1n) is 12.7. The van der Waals surface area contributed by atoms with E-state index >= 15 is 0 Å². The summed E-state index contributed by atoms with van der Waals surface area (Å²) in [5.41, 5.74) is 1.79. The number of ether oxygens (including phenoxy) is 1. The van der Waals surface area contributed by atoms with Gasteiger partial charge in [0.1, 0.15) is 0 Å². The van der Waals surface area contributed by atoms with Gasteiger partial charge in [-0.25, -0.2) is 9.59 Å². The average molecular weight is 510 g/mol. The lowest BCUT2D eigenvalue weighted by molar-refractivity contribution is -0.132. The van der Waals surface area contributed by atoms with E-state index in [1.165, 1.54) is 31.8 Å². The molecular formula is C30H36ClNO4. The van der Waals surface area contributed by atoms with Crippen LogP contribution in [-0.4, -0.2) is 23.7 Å². The number of allylic oxidation sites excluding steroid dienone is 3. The highest BCUT2D eigenvalue weighted by Gasteiger charge is 2.09. The van der Waals surface area contributed by atoms with E-state index in [0.717, 1.165) is 50.8 Å². The first-order valence-corrected chi connectivity index (χ1v) is 13.1. The number of halogens is 1. The zero-order valence-corrected chi connectivity index (χ0v) is 21.6. The molecule has 6 heteroatoms. The van der Waals surface area contributed by atoms with Gasteiger partial charge in [0.15, 0.2) is 0 Å². The Bertz CT molecular complexity index is 1000. The Morgan fingerprint density at radius 3 is 2.03 bits per heavy atom. The van der Waals surface area contributed by atoms with Crippen molar-refractivity contribution in [1.82, 2.24) is 0 Å². The van der Waals surface area contributed by atoms with Crippen LogP contribution >= 0.6 is 11.6 Å². The van der Waals surface area contributed by atoms with Crippen LogP contribution < -0.4 is 5.32 Å². The number of esters is 2. The molecular weight excluding hydrogens is 474 g/mol. The minimum atomic E-state index is -0.624. The third kappa shape index (κ3) is 13.1. The molecule has 0 aliphatic rings. The number of rotatable bonds is 17. The Labute approximate surface area is 219 Å². The molecule has 0 bridgehead atoms. The normalized spacial score (nSPS) is 11.1. The molecule has 2 rings (SSSR count). The molecule has 0 saturated heterocycles. The van der Waals surface area contributed by atoms with Gasteiger partial charge in [0.2, 0.25) is 0 Å². The van der Waals surface area contributed by atoms with Gasteiger partial charge in [0.05, 0.1) is 5.56 Å². The molecule has 0 aliphatic heterocycles. The van der Waals surface area contributed by atoms with Gasteiger partial charge in [0.25, 0.3) is 5.24 Å². The summed E-state index contributed by atoms with van der Waals surface area (Å²) in [4.78, 5) is 34.7. The van der Waals surface area contributed by atoms with Crippen LogP contribution in [0.25, 0.3) is 0 Å². The smallest absolute Gasteiger partial charge is 0.346 e. The van der Waals surface area contributed by atoms with Gasteiger partial charge >= 0.3 is 11.9 Å². The summed E-state index contributed by atoms with van der Waals surface area (Å²) < 4.78 is 4.80. The Hall–Kier alpha value is -3.18. The van der Waals surface area contributed by atoms with Gasteiger partial charge < -0.3 is 10.1 Å². The zero-order chi connectivity index (χ0) is 25.8. The van der Waals surface area contributed by atoms with Crippen LogP contribution in [0.3, 0.4) is 0 Å². The molecule has 0 amide bonds. The summed E-state index contributed by atoms with van der Waals surface area (Å²) in [5.74, 6) is -1.25. The topological polar surface area (TPSA) is 72.5 Å². The van der Waals surface area contributed by atoms with Crippen LogP contribution in [0.2, 0.25) is 0 Å². The standard InChI is InChI=1S/C30H36ClNO4/c31-29(34)26-20-17-21-27(24-26)32-23-16-11-9-7-5-3-1-2-4-6-8-10-15-22-28(33)36-30(35)25-18-13-12-14-19-25/h7,9,12-15,17-22,24,32H,1-6,8,10-11,16,23H2. The lowest BCUT2D eigenvalue weighted by atomic mass is 10.1. The van der Waals surface area contributed by atoms with Gasteiger partial charge in [0, 0.05) is 23.9 Å². The Morgan fingerprint density at radius 2 is 1.33 bits per heavy atom. The summed E-state index contributed by atoms with van der Waals surface area (Å²) in [5, 5.41) is 2.88. The van der Waals surface area contributed by atoms with E-state index in [0.29, 0.717) is 11.1 Å². The van der Waals surface area contributed by atoms with Crippen molar-refractivity contribution < 1.29 is 19.1 Å². The number of unbranched alkanes of at least 4 members (excludes halogenated alkanes) is 8. The zero-order valence-electron chi connectivity index (χ0n) is 20.8. The molecule has 2 aromatic carbocycles. The lowest BCUT2D eigenvalue weighted by Crippen LogP contribution is -2.10. The fraction of sp³-hybridized carbons (Fsp3) is 0.367. The van der Waals surface area contributed by atoms with Crippen LogP contribution in [0, 0.1) is 0 Å². The minimum Gasteiger partial charge on any atom is -0.386 e. The second-order valence-corrected chi connectivity index (χ2v) is 8.91. The molecule has 5 nitrogen and oxygen atoms in total. The first kappa shape index (κ1) is 29.1. The van der Waals surface area contributed by atoms with Gasteiger partial charge in [-0.05, 0) is 80.5 Å². The third-order valence-corrected chi connectivity index (χ3v) is 5.80. The van der Waals surface area contributed by atoms with Gasteiger partial charge in [-0.1, -0.05) is 68.2 Å². The van der Waals surface area contributed by atoms with Crippen molar-refractivity contribution in [1.29, 1.82) is 0 Å². The predicted octanol–water partition coefficient (Wildman–Crippen LogP) is 7.87. The third-order valence-electron chi connectivity index (χ3n) is 5.58. The molecule has 0 radical (unpaired) electrons. The highest BCUT2D eigenvalue weighted by molar-refractivity contribution is 6.67. The van der Waals surface area contributed by atoms with Gasteiger partial charge in [-0.3, -0.25) is 4.79 Å². The van der Waals surface area contributed by atoms with Crippen molar-refractivity contribution in [2.75, 3.05) is 11.9 Å². The number of benzene rings is 2. The maximum Gasteiger partial charge on any atom is 0.346 e. The van der Waals surface area contributed by atoms with Crippen LogP contribution in [-0.2, 0) is 9.53 Å². The summed E-state index contributed by atoms with van der Waals surface area (Å²) in [6.45, 7) is 0.854. The summed E-state index contributed by atoms with van der Waals surface area (Å²) in [6.07, 6.45) is 18.6. The number of carbonyl (C=O) groups excluding carboxylic acids is 3. The Morgan fingerprint density at radius 1 is 0.722 bits per heavy atom. The Kier molecular flexibility index (Phi) is 14.6. The summed E-state index contributed by atoms with van der Waals surface area (Å²) in [7, 11) is 0. The molecule has 0 atom stereocenters. The molecule has 0 heterocycles. The van der Waals surface area contributed by atoms with E-state index in [1.807, 2.05) is 12.1 Å². The van der Waals surface area contributed by atoms with Crippen molar-refractivity contribution in [3.8, 4) is 0 Å². The highest BCUT2D eigenvalue weighted by atomic mass is 35.5. The SMILES string of the molecule is O=C(C=CCCCCCCCCC=CCCCNc1cccc(C(=O)Cl)c1)OC(=O)c1ccccc1. The van der Waals surface area contributed by atoms with Crippen LogP contribution in [0.15, 0.2) is 78.9 Å². The minimum absolute atomic E-state index is 0.369. The molecule has 0 saturated carbocycles. The monoisotopic (exact) mass is 509 g/mol. The number of anilines is 1. The largest absolute Gasteiger partial charge is 0.386 e. The summed E-state index contributed by atoms with van der Waals surface area (Å²) >= 11 is 5.51. The quantitative estimate of drug-likeness (QED) is 0.0586. The van der Waals surface area contributed by atoms with E-state index in [1.54, 1.807) is 48.5 Å². The number of nitrogens with one attached hydrogen (secondary N) is 1. The summed E-state index contributed by atoms with van der Waals surface area (Å²) in [6, 6.07) is 15.7. The van der Waals surface area contributed by atoms with E-state index in [-0.39, 0.29) is 0 Å². The van der Waals surface area contributed by atoms with E-state index < -0.39 is 17.2 Å². The van der Waals surface area contributed by atoms with Crippen LogP contribution in [0.4, 0.5) is 5.69 Å². The Balaban J connectivity index is 1.38. The maximum atomic E-state index is 11.8. The fourth-order valence-electron chi connectivity index (χ4n) is 3.61. The molecule has 0 spiro atoms. The molecule has 0 unspecified atom stereocenters.